The lowest BCUT2D eigenvalue weighted by molar-refractivity contribution is -0.157. The molecule has 8 atom stereocenters. The second-order valence-electron chi connectivity index (χ2n) is 15.8. The molecule has 0 bridgehead atoms. The van der Waals surface area contributed by atoms with E-state index in [-0.39, 0.29) is 84.2 Å². The Morgan fingerprint density at radius 3 is 1.66 bits per heavy atom. The van der Waals surface area contributed by atoms with Crippen molar-refractivity contribution in [3.05, 3.63) is 53.0 Å². The maximum Gasteiger partial charge on any atom is 0.357 e. The summed E-state index contributed by atoms with van der Waals surface area (Å²) in [6.45, 7) is 21.3. The molecule has 2 unspecified atom stereocenters. The monoisotopic (exact) mass is 890 g/mol. The van der Waals surface area contributed by atoms with Gasteiger partial charge in [-0.05, 0) is 54.0 Å². The van der Waals surface area contributed by atoms with Gasteiger partial charge in [-0.25, -0.2) is 19.6 Å². The summed E-state index contributed by atoms with van der Waals surface area (Å²) in [5.41, 5.74) is 18.4. The van der Waals surface area contributed by atoms with Gasteiger partial charge in [0.2, 0.25) is 11.8 Å². The number of carbonyl (C=O) groups excluding carboxylic acids is 5. The molecule has 18 nitrogen and oxygen atoms in total. The van der Waals surface area contributed by atoms with Crippen LogP contribution in [-0.2, 0) is 28.6 Å². The van der Waals surface area contributed by atoms with E-state index in [9.17, 15) is 24.0 Å². The molecule has 1 N–H and O–H groups in total. The van der Waals surface area contributed by atoms with Gasteiger partial charge in [0.05, 0.1) is 24.2 Å². The Kier molecular flexibility index (Phi) is 24.9. The van der Waals surface area contributed by atoms with Crippen LogP contribution in [0.2, 0.25) is 0 Å². The zero-order valence-electron chi connectivity index (χ0n) is 38.0. The summed E-state index contributed by atoms with van der Waals surface area (Å²) in [4.78, 5) is 77.7. The van der Waals surface area contributed by atoms with E-state index in [1.807, 2.05) is 76.2 Å². The number of rotatable bonds is 24. The number of esters is 3. The molecule has 0 aliphatic carbocycles. The molecule has 20 heteroatoms. The minimum Gasteiger partial charge on any atom is -0.464 e. The third-order valence-corrected chi connectivity index (χ3v) is 12.7. The van der Waals surface area contributed by atoms with E-state index in [1.165, 1.54) is 41.8 Å². The van der Waals surface area contributed by atoms with Gasteiger partial charge in [-0.1, -0.05) is 99.2 Å². The highest BCUT2D eigenvalue weighted by molar-refractivity contribution is 7.10. The predicted octanol–water partition coefficient (Wildman–Crippen LogP) is 9.59. The van der Waals surface area contributed by atoms with Gasteiger partial charge in [-0.15, -0.1) is 22.7 Å². The molecule has 0 saturated heterocycles. The topological polar surface area (TPSA) is 252 Å². The van der Waals surface area contributed by atoms with Crippen LogP contribution < -0.4 is 5.32 Å². The van der Waals surface area contributed by atoms with Crippen molar-refractivity contribution in [3.63, 3.8) is 0 Å². The number of ether oxygens (including phenoxy) is 3. The van der Waals surface area contributed by atoms with E-state index in [4.69, 9.17) is 25.3 Å². The lowest BCUT2D eigenvalue weighted by atomic mass is 9.91. The van der Waals surface area contributed by atoms with Crippen molar-refractivity contribution < 1.29 is 38.2 Å². The molecule has 2 aromatic heterocycles. The van der Waals surface area contributed by atoms with Gasteiger partial charge in [-0.3, -0.25) is 14.4 Å². The van der Waals surface area contributed by atoms with Gasteiger partial charge in [-0.2, -0.15) is 0 Å². The van der Waals surface area contributed by atoms with Crippen LogP contribution in [0.25, 0.3) is 20.9 Å². The van der Waals surface area contributed by atoms with Crippen LogP contribution in [0, 0.1) is 23.7 Å². The summed E-state index contributed by atoms with van der Waals surface area (Å²) < 4.78 is 14.9. The third kappa shape index (κ3) is 17.3. The first-order valence-corrected chi connectivity index (χ1v) is 22.5. The van der Waals surface area contributed by atoms with E-state index in [1.54, 1.807) is 10.8 Å². The Hall–Kier alpha value is -4.77. The Balaban J connectivity index is 0.000000626. The van der Waals surface area contributed by atoms with Crippen LogP contribution in [0.4, 0.5) is 0 Å². The fraction of sp³-hybridized carbons (Fsp3) is 0.732. The van der Waals surface area contributed by atoms with Crippen molar-refractivity contribution in [3.8, 4) is 0 Å². The molecule has 2 rings (SSSR count). The minimum absolute atomic E-state index is 0.0139. The van der Waals surface area contributed by atoms with E-state index >= 15 is 0 Å². The average Bonchev–Trinajstić information content (AvgIpc) is 3.95. The number of thiazole rings is 2. The van der Waals surface area contributed by atoms with Crippen molar-refractivity contribution in [2.24, 2.45) is 33.9 Å². The van der Waals surface area contributed by atoms with Crippen LogP contribution in [0.3, 0.4) is 0 Å². The predicted molar refractivity (Wildman–Crippen MR) is 236 cm³/mol. The van der Waals surface area contributed by atoms with E-state index in [0.29, 0.717) is 31.4 Å². The highest BCUT2D eigenvalue weighted by atomic mass is 32.1. The summed E-state index contributed by atoms with van der Waals surface area (Å²) in [6, 6.07) is -2.04. The molecule has 0 aliphatic rings. The molecule has 2 aromatic rings. The summed E-state index contributed by atoms with van der Waals surface area (Å²) in [6.07, 6.45) is 3.48. The fourth-order valence-corrected chi connectivity index (χ4v) is 7.92. The highest BCUT2D eigenvalue weighted by Gasteiger charge is 2.35. The fourth-order valence-electron chi connectivity index (χ4n) is 6.19. The molecule has 0 fully saturated rings. The van der Waals surface area contributed by atoms with E-state index < -0.39 is 24.0 Å². The molecule has 0 radical (unpaired) electrons. The maximum atomic E-state index is 13.6. The summed E-state index contributed by atoms with van der Waals surface area (Å²) >= 11 is 2.76. The van der Waals surface area contributed by atoms with Crippen LogP contribution in [0.15, 0.2) is 21.0 Å². The van der Waals surface area contributed by atoms with E-state index in [0.717, 1.165) is 16.4 Å². The number of nitrogens with one attached hydrogen (secondary N) is 1. The van der Waals surface area contributed by atoms with Gasteiger partial charge in [0.25, 0.3) is 0 Å². The van der Waals surface area contributed by atoms with Crippen LogP contribution in [-0.4, -0.2) is 89.7 Å². The Labute approximate surface area is 368 Å². The van der Waals surface area contributed by atoms with E-state index in [2.05, 4.69) is 35.3 Å². The van der Waals surface area contributed by atoms with Gasteiger partial charge in [0.1, 0.15) is 12.1 Å². The zero-order chi connectivity index (χ0) is 46.4. The minimum atomic E-state index is -0.901. The molecular weight excluding hydrogens is 825 g/mol. The average molecular weight is 891 g/mol. The molecule has 61 heavy (non-hydrogen) atoms. The number of nitrogens with zero attached hydrogens (tertiary/aromatic N) is 9. The van der Waals surface area contributed by atoms with Gasteiger partial charge in [0.15, 0.2) is 18.1 Å². The quantitative estimate of drug-likeness (QED) is 0.0261. The number of methoxy groups -OCH3 is 2. The lowest BCUT2D eigenvalue weighted by Gasteiger charge is -2.37. The lowest BCUT2D eigenvalue weighted by Crippen LogP contribution is -2.50. The first kappa shape index (κ1) is 54.2. The second-order valence-corrected chi connectivity index (χ2v) is 17.6. The van der Waals surface area contributed by atoms with Gasteiger partial charge in [0, 0.05) is 50.9 Å². The first-order chi connectivity index (χ1) is 28.8. The smallest absolute Gasteiger partial charge is 0.357 e. The largest absolute Gasteiger partial charge is 0.464 e. The number of hydrogen-bond acceptors (Lipinski definition) is 14. The normalized spacial score (nSPS) is 14.9. The van der Waals surface area contributed by atoms with Crippen LogP contribution in [0.5, 0.6) is 0 Å². The summed E-state index contributed by atoms with van der Waals surface area (Å²) in [7, 11) is 2.63. The molecular formula is C41H66N10O8S2. The highest BCUT2D eigenvalue weighted by Crippen LogP contribution is 2.31. The third-order valence-electron chi connectivity index (χ3n) is 10.5. The number of aromatic nitrogens is 2. The number of hydrogen-bond donors (Lipinski definition) is 1. The summed E-state index contributed by atoms with van der Waals surface area (Å²) in [5, 5.41) is 15.4. The molecule has 0 aromatic carbocycles. The standard InChI is InChI=1S/C23H37N5O5S.C18H29N5O3S/c1-8-10-19(29)33-13-28(22(30)20(26-27-24)15(5)9-2)18(14(3)4)11-16(6)21-25-17(12-34-21)23(31)32-7;1-7-11(4)15(22-23-19)16(24)20-13(10(2)3)8-12(5)17-21-14(9-27-17)18(25)26-6/h12,14-16,18,20H,8-11,13H2,1-7H3;9-13,15H,7-8H2,1-6H3,(H,20,24)/t15-,16+,18+,20?;11-,12+,13+,15?/m00/s1. The second kappa shape index (κ2) is 28.0. The van der Waals surface area contributed by atoms with Gasteiger partial charge < -0.3 is 24.4 Å². The van der Waals surface area contributed by atoms with Gasteiger partial charge >= 0.3 is 17.9 Å². The molecule has 2 amide bonds. The first-order valence-electron chi connectivity index (χ1n) is 20.8. The van der Waals surface area contributed by atoms with Crippen molar-refractivity contribution in [1.82, 2.24) is 20.2 Å². The number of amides is 2. The van der Waals surface area contributed by atoms with Crippen LogP contribution >= 0.6 is 22.7 Å². The number of azide groups is 2. The molecule has 0 aliphatic heterocycles. The van der Waals surface area contributed by atoms with Crippen molar-refractivity contribution in [1.29, 1.82) is 0 Å². The molecule has 0 saturated carbocycles. The van der Waals surface area contributed by atoms with Crippen molar-refractivity contribution >= 4 is 52.4 Å². The maximum absolute atomic E-state index is 13.6. The zero-order valence-corrected chi connectivity index (χ0v) is 39.6. The Morgan fingerprint density at radius 2 is 1.23 bits per heavy atom. The molecule has 340 valence electrons. The van der Waals surface area contributed by atoms with Crippen molar-refractivity contribution in [2.45, 2.75) is 151 Å². The SMILES string of the molecule is CCCC(=O)OCN(C(=O)C(N=[N+]=[N-])[C@@H](C)CC)[C@H](C[C@@H](C)c1nc(C(=O)OC)cs1)C(C)C.CC[C@H](C)C(N=[N+]=[N-])C(=O)N[C@H](C[C@@H](C)c1nc(C(=O)OC)cs1)C(C)C. The Morgan fingerprint density at radius 1 is 0.754 bits per heavy atom. The number of carbonyl (C=O) groups is 5. The summed E-state index contributed by atoms with van der Waals surface area (Å²) in [5.74, 6) is -1.98. The molecule has 2 heterocycles. The van der Waals surface area contributed by atoms with Crippen LogP contribution in [0.1, 0.15) is 158 Å². The van der Waals surface area contributed by atoms with Crippen molar-refractivity contribution in [2.75, 3.05) is 21.0 Å². The Bertz CT molecular complexity index is 1810. The molecule has 0 spiro atoms.